The van der Waals surface area contributed by atoms with Gasteiger partial charge in [-0.2, -0.15) is 0 Å². The van der Waals surface area contributed by atoms with E-state index in [4.69, 9.17) is 9.47 Å². The minimum Gasteiger partial charge on any atom is -0.497 e. The lowest BCUT2D eigenvalue weighted by Crippen LogP contribution is -2.48. The molecule has 0 aromatic heterocycles. The van der Waals surface area contributed by atoms with Crippen LogP contribution in [0.3, 0.4) is 0 Å². The highest BCUT2D eigenvalue weighted by molar-refractivity contribution is 5.78. The van der Waals surface area contributed by atoms with E-state index in [1.807, 2.05) is 23.1 Å². The van der Waals surface area contributed by atoms with Crippen LogP contribution < -0.4 is 9.47 Å². The van der Waals surface area contributed by atoms with Crippen LogP contribution >= 0.6 is 0 Å². The van der Waals surface area contributed by atoms with Crippen LogP contribution in [0.25, 0.3) is 0 Å². The number of benzene rings is 2. The van der Waals surface area contributed by atoms with Crippen LogP contribution in [0.15, 0.2) is 42.5 Å². The summed E-state index contributed by atoms with van der Waals surface area (Å²) in [6.07, 6.45) is 0.238. The van der Waals surface area contributed by atoms with Gasteiger partial charge in [-0.15, -0.1) is 0 Å². The molecule has 1 amide bonds. The van der Waals surface area contributed by atoms with Crippen molar-refractivity contribution in [1.82, 2.24) is 9.80 Å². The number of halogens is 1. The Balaban J connectivity index is 1.55. The van der Waals surface area contributed by atoms with Crippen molar-refractivity contribution in [2.75, 3.05) is 40.4 Å². The van der Waals surface area contributed by atoms with E-state index in [-0.39, 0.29) is 18.1 Å². The molecule has 0 spiro atoms. The third-order valence-electron chi connectivity index (χ3n) is 4.85. The molecule has 1 aliphatic rings. The molecule has 1 heterocycles. The van der Waals surface area contributed by atoms with Gasteiger partial charge in [0, 0.05) is 38.3 Å². The van der Waals surface area contributed by atoms with Crippen LogP contribution in [0.2, 0.25) is 0 Å². The molecule has 2 aromatic carbocycles. The maximum atomic E-state index is 13.3. The van der Waals surface area contributed by atoms with Crippen molar-refractivity contribution < 1.29 is 18.7 Å². The number of carbonyl (C=O) groups is 1. The van der Waals surface area contributed by atoms with Crippen LogP contribution in [0.1, 0.15) is 11.1 Å². The Labute approximate surface area is 159 Å². The second-order valence-corrected chi connectivity index (χ2v) is 6.64. The summed E-state index contributed by atoms with van der Waals surface area (Å²) in [6.45, 7) is 3.65. The Morgan fingerprint density at radius 1 is 1.04 bits per heavy atom. The highest BCUT2D eigenvalue weighted by Gasteiger charge is 2.22. The standard InChI is InChI=1S/C21H25FN2O3/c1-26-19-6-7-20(27-2)17(14-19)15-23-8-10-24(11-9-23)21(25)13-16-4-3-5-18(22)12-16/h3-7,12,14H,8-11,13,15H2,1-2H3. The third kappa shape index (κ3) is 4.98. The monoisotopic (exact) mass is 372 g/mol. The first kappa shape index (κ1) is 19.2. The molecular formula is C21H25FN2O3. The first-order valence-corrected chi connectivity index (χ1v) is 9.04. The lowest BCUT2D eigenvalue weighted by Gasteiger charge is -2.35. The number of piperazine rings is 1. The lowest BCUT2D eigenvalue weighted by molar-refractivity contribution is -0.132. The van der Waals surface area contributed by atoms with Crippen LogP contribution in [-0.4, -0.2) is 56.1 Å². The van der Waals surface area contributed by atoms with Gasteiger partial charge in [-0.25, -0.2) is 4.39 Å². The normalized spacial score (nSPS) is 14.9. The van der Waals surface area contributed by atoms with Crippen molar-refractivity contribution in [3.63, 3.8) is 0 Å². The van der Waals surface area contributed by atoms with E-state index in [1.165, 1.54) is 12.1 Å². The number of hydrogen-bond donors (Lipinski definition) is 0. The molecule has 0 radical (unpaired) electrons. The molecular weight excluding hydrogens is 347 g/mol. The fraction of sp³-hybridized carbons (Fsp3) is 0.381. The van der Waals surface area contributed by atoms with Crippen LogP contribution in [0, 0.1) is 5.82 Å². The van der Waals surface area contributed by atoms with Gasteiger partial charge < -0.3 is 14.4 Å². The molecule has 3 rings (SSSR count). The van der Waals surface area contributed by atoms with Crippen molar-refractivity contribution in [2.45, 2.75) is 13.0 Å². The maximum absolute atomic E-state index is 13.3. The second-order valence-electron chi connectivity index (χ2n) is 6.64. The molecule has 144 valence electrons. The number of hydrogen-bond acceptors (Lipinski definition) is 4. The molecule has 1 fully saturated rings. The first-order chi connectivity index (χ1) is 13.1. The highest BCUT2D eigenvalue weighted by Crippen LogP contribution is 2.25. The SMILES string of the molecule is COc1ccc(OC)c(CN2CCN(C(=O)Cc3cccc(F)c3)CC2)c1. The first-order valence-electron chi connectivity index (χ1n) is 9.04. The molecule has 1 saturated heterocycles. The van der Waals surface area contributed by atoms with E-state index in [0.29, 0.717) is 18.7 Å². The van der Waals surface area contributed by atoms with E-state index in [0.717, 1.165) is 36.7 Å². The van der Waals surface area contributed by atoms with E-state index >= 15 is 0 Å². The summed E-state index contributed by atoms with van der Waals surface area (Å²) >= 11 is 0. The van der Waals surface area contributed by atoms with E-state index in [1.54, 1.807) is 26.4 Å². The number of nitrogens with zero attached hydrogens (tertiary/aromatic N) is 2. The number of rotatable bonds is 6. The van der Waals surface area contributed by atoms with Crippen LogP contribution in [-0.2, 0) is 17.8 Å². The minimum absolute atomic E-state index is 0.0409. The zero-order valence-electron chi connectivity index (χ0n) is 15.8. The predicted molar refractivity (Wildman–Crippen MR) is 102 cm³/mol. The van der Waals surface area contributed by atoms with E-state index in [9.17, 15) is 9.18 Å². The number of ether oxygens (including phenoxy) is 2. The molecule has 0 N–H and O–H groups in total. The zero-order valence-corrected chi connectivity index (χ0v) is 15.8. The second kappa shape index (κ2) is 8.86. The van der Waals surface area contributed by atoms with Crippen molar-refractivity contribution in [2.24, 2.45) is 0 Å². The highest BCUT2D eigenvalue weighted by atomic mass is 19.1. The van der Waals surface area contributed by atoms with Gasteiger partial charge in [0.15, 0.2) is 0 Å². The molecule has 1 aliphatic heterocycles. The quantitative estimate of drug-likeness (QED) is 0.782. The number of amides is 1. The van der Waals surface area contributed by atoms with Gasteiger partial charge in [-0.3, -0.25) is 9.69 Å². The van der Waals surface area contributed by atoms with Crippen molar-refractivity contribution in [3.05, 3.63) is 59.4 Å². The zero-order chi connectivity index (χ0) is 19.2. The van der Waals surface area contributed by atoms with Gasteiger partial charge in [0.2, 0.25) is 5.91 Å². The molecule has 0 atom stereocenters. The van der Waals surface area contributed by atoms with Gasteiger partial charge in [0.25, 0.3) is 0 Å². The molecule has 27 heavy (non-hydrogen) atoms. The molecule has 0 bridgehead atoms. The Morgan fingerprint density at radius 3 is 2.48 bits per heavy atom. The Kier molecular flexibility index (Phi) is 6.29. The maximum Gasteiger partial charge on any atom is 0.227 e. The fourth-order valence-corrected chi connectivity index (χ4v) is 3.34. The predicted octanol–water partition coefficient (Wildman–Crippen LogP) is 2.73. The minimum atomic E-state index is -0.308. The topological polar surface area (TPSA) is 42.0 Å². The summed E-state index contributed by atoms with van der Waals surface area (Å²) in [5.74, 6) is 1.37. The van der Waals surface area contributed by atoms with Crippen molar-refractivity contribution >= 4 is 5.91 Å². The van der Waals surface area contributed by atoms with Crippen molar-refractivity contribution in [3.8, 4) is 11.5 Å². The molecule has 2 aromatic rings. The van der Waals surface area contributed by atoms with Gasteiger partial charge in [0.1, 0.15) is 17.3 Å². The summed E-state index contributed by atoms with van der Waals surface area (Å²) in [6, 6.07) is 12.0. The summed E-state index contributed by atoms with van der Waals surface area (Å²) in [7, 11) is 3.31. The molecule has 5 nitrogen and oxygen atoms in total. The third-order valence-corrected chi connectivity index (χ3v) is 4.85. The van der Waals surface area contributed by atoms with Gasteiger partial charge in [-0.05, 0) is 35.9 Å². The van der Waals surface area contributed by atoms with E-state index < -0.39 is 0 Å². The average molecular weight is 372 g/mol. The van der Waals surface area contributed by atoms with Crippen LogP contribution in [0.5, 0.6) is 11.5 Å². The summed E-state index contributed by atoms with van der Waals surface area (Å²) in [4.78, 5) is 16.6. The molecule has 0 aliphatic carbocycles. The fourth-order valence-electron chi connectivity index (χ4n) is 3.34. The summed E-state index contributed by atoms with van der Waals surface area (Å²) < 4.78 is 24.0. The van der Waals surface area contributed by atoms with Crippen LogP contribution in [0.4, 0.5) is 4.39 Å². The molecule has 0 unspecified atom stereocenters. The van der Waals surface area contributed by atoms with Gasteiger partial charge >= 0.3 is 0 Å². The Hall–Kier alpha value is -2.60. The largest absolute Gasteiger partial charge is 0.497 e. The molecule has 6 heteroatoms. The summed E-state index contributed by atoms with van der Waals surface area (Å²) in [5, 5.41) is 0. The van der Waals surface area contributed by atoms with E-state index in [2.05, 4.69) is 4.90 Å². The number of methoxy groups -OCH3 is 2. The van der Waals surface area contributed by atoms with Crippen molar-refractivity contribution in [1.29, 1.82) is 0 Å². The summed E-state index contributed by atoms with van der Waals surface area (Å²) in [5.41, 5.74) is 1.78. The van der Waals surface area contributed by atoms with Gasteiger partial charge in [0.05, 0.1) is 20.6 Å². The Bertz CT molecular complexity index is 789. The Morgan fingerprint density at radius 2 is 1.81 bits per heavy atom. The molecule has 0 saturated carbocycles. The lowest BCUT2D eigenvalue weighted by atomic mass is 10.1. The van der Waals surface area contributed by atoms with Gasteiger partial charge in [-0.1, -0.05) is 12.1 Å². The average Bonchev–Trinajstić information content (AvgIpc) is 2.68. The number of carbonyl (C=O) groups excluding carboxylic acids is 1. The smallest absolute Gasteiger partial charge is 0.227 e.